The maximum absolute atomic E-state index is 12.5. The third-order valence-electron chi connectivity index (χ3n) is 9.04. The van der Waals surface area contributed by atoms with E-state index in [1.807, 2.05) is 46.8 Å². The molecule has 1 aromatic heterocycles. The highest BCUT2D eigenvalue weighted by Crippen LogP contribution is 2.36. The van der Waals surface area contributed by atoms with Crippen LogP contribution in [-0.2, 0) is 20.8 Å². The fourth-order valence-corrected chi connectivity index (χ4v) is 6.87. The number of aliphatic hydroxyl groups excluding tert-OH is 1. The van der Waals surface area contributed by atoms with Gasteiger partial charge in [0.25, 0.3) is 11.9 Å². The topological polar surface area (TPSA) is 164 Å². The standard InChI is InChI=1S/C33H42N4O6S/c1-7-20-15(2)25(36-33(20)43)12-23-16(3)21(8-10-29(38)39)26(34-23)14-27-22(9-11-30(40)41)17(4)24(35-27)13-28-31(19(6)44)18(5)32(42)37-28/h7,10,13-14,18-19,23,25,31,34-35,38-39,44H,1,8-9,11-12H2,2-6H3,(H,36,43)(H,37,42)(H,40,41)/b26-14-,28-13-/t18-,19-,23?,25-,31+/m1/s1. The van der Waals surface area contributed by atoms with Crippen molar-refractivity contribution in [1.82, 2.24) is 20.9 Å². The minimum absolute atomic E-state index is 0.0597. The molecular formula is C33H42N4O6S. The zero-order valence-corrected chi connectivity index (χ0v) is 26.6. The monoisotopic (exact) mass is 622 g/mol. The van der Waals surface area contributed by atoms with Gasteiger partial charge in [-0.05, 0) is 80.0 Å². The molecule has 0 aromatic carbocycles. The largest absolute Gasteiger partial charge is 0.481 e. The number of aromatic nitrogens is 1. The number of hydrogen-bond acceptors (Lipinski definition) is 7. The number of hydrogen-bond donors (Lipinski definition) is 8. The Labute approximate surface area is 263 Å². The molecule has 4 heterocycles. The van der Waals surface area contributed by atoms with Gasteiger partial charge in [-0.15, -0.1) is 0 Å². The fraction of sp³-hybridized carbons (Fsp3) is 0.424. The summed E-state index contributed by atoms with van der Waals surface area (Å²) in [6, 6.07) is -0.337. The summed E-state index contributed by atoms with van der Waals surface area (Å²) in [6.07, 6.45) is 7.77. The van der Waals surface area contributed by atoms with Crippen LogP contribution in [0.25, 0.3) is 12.2 Å². The van der Waals surface area contributed by atoms with E-state index in [0.717, 1.165) is 44.9 Å². The number of carboxylic acids is 1. The highest BCUT2D eigenvalue weighted by Gasteiger charge is 2.38. The van der Waals surface area contributed by atoms with Gasteiger partial charge in [0.2, 0.25) is 5.91 Å². The van der Waals surface area contributed by atoms with Crippen molar-refractivity contribution in [2.75, 3.05) is 0 Å². The second-order valence-electron chi connectivity index (χ2n) is 11.8. The molecule has 0 aliphatic carbocycles. The minimum Gasteiger partial charge on any atom is -0.481 e. The molecule has 44 heavy (non-hydrogen) atoms. The molecule has 3 aliphatic heterocycles. The van der Waals surface area contributed by atoms with Crippen molar-refractivity contribution >= 4 is 42.6 Å². The zero-order valence-electron chi connectivity index (χ0n) is 25.7. The maximum atomic E-state index is 12.5. The number of allylic oxidation sites excluding steroid dienone is 3. The smallest absolute Gasteiger partial charge is 0.303 e. The van der Waals surface area contributed by atoms with Crippen LogP contribution in [0.1, 0.15) is 69.5 Å². The van der Waals surface area contributed by atoms with Gasteiger partial charge >= 0.3 is 5.97 Å². The molecule has 0 saturated carbocycles. The SMILES string of the molecule is C=CC1=C(C)[C@@H](CC2N/C(=C\c3[nH]c(/C=C4\NC(=O)[C@H](C)[C@H]4[C@@H](C)S)c(C)c3CCC(=O)O)C(CC=C(O)O)=C2C)NC1=O. The molecule has 2 amide bonds. The molecule has 1 fully saturated rings. The predicted octanol–water partition coefficient (Wildman–Crippen LogP) is 4.75. The van der Waals surface area contributed by atoms with E-state index >= 15 is 0 Å². The van der Waals surface area contributed by atoms with Crippen LogP contribution in [0, 0.1) is 18.8 Å². The second kappa shape index (κ2) is 13.3. The molecule has 4 rings (SSSR count). The van der Waals surface area contributed by atoms with E-state index < -0.39 is 11.9 Å². The lowest BCUT2D eigenvalue weighted by Crippen LogP contribution is -2.36. The first-order valence-electron chi connectivity index (χ1n) is 14.8. The van der Waals surface area contributed by atoms with Gasteiger partial charge in [0.15, 0.2) is 0 Å². The van der Waals surface area contributed by atoms with E-state index in [2.05, 4.69) is 40.1 Å². The summed E-state index contributed by atoms with van der Waals surface area (Å²) in [5.74, 6) is -2.23. The molecule has 0 bridgehead atoms. The van der Waals surface area contributed by atoms with Crippen molar-refractivity contribution in [1.29, 1.82) is 0 Å². The zero-order chi connectivity index (χ0) is 32.5. The summed E-state index contributed by atoms with van der Waals surface area (Å²) in [5, 5.41) is 38.0. The number of thiol groups is 1. The van der Waals surface area contributed by atoms with E-state index in [-0.39, 0.29) is 60.2 Å². The first-order chi connectivity index (χ1) is 20.7. The lowest BCUT2D eigenvalue weighted by Gasteiger charge is -2.20. The van der Waals surface area contributed by atoms with Crippen LogP contribution in [0.3, 0.4) is 0 Å². The first kappa shape index (κ1) is 32.8. The Morgan fingerprint density at radius 2 is 1.73 bits per heavy atom. The number of carbonyl (C=O) groups excluding carboxylic acids is 2. The van der Waals surface area contributed by atoms with Crippen molar-refractivity contribution in [2.45, 2.75) is 77.6 Å². The number of aliphatic carboxylic acids is 1. The van der Waals surface area contributed by atoms with Gasteiger partial charge in [-0.1, -0.05) is 26.5 Å². The molecule has 1 aromatic rings. The van der Waals surface area contributed by atoms with E-state index in [4.69, 9.17) is 0 Å². The van der Waals surface area contributed by atoms with Crippen LogP contribution in [0.4, 0.5) is 0 Å². The van der Waals surface area contributed by atoms with Crippen molar-refractivity contribution < 1.29 is 29.7 Å². The number of carboxylic acid groups (broad SMARTS) is 1. The van der Waals surface area contributed by atoms with Crippen molar-refractivity contribution in [3.05, 3.63) is 80.9 Å². The first-order valence-corrected chi connectivity index (χ1v) is 15.3. The lowest BCUT2D eigenvalue weighted by atomic mass is 9.91. The van der Waals surface area contributed by atoms with Gasteiger partial charge in [0, 0.05) is 64.0 Å². The lowest BCUT2D eigenvalue weighted by molar-refractivity contribution is -0.137. The Kier molecular flexibility index (Phi) is 9.88. The van der Waals surface area contributed by atoms with Gasteiger partial charge in [-0.2, -0.15) is 12.6 Å². The molecule has 5 atom stereocenters. The second-order valence-corrected chi connectivity index (χ2v) is 12.7. The number of amides is 2. The Morgan fingerprint density at radius 3 is 2.32 bits per heavy atom. The average Bonchev–Trinajstić information content (AvgIpc) is 3.59. The van der Waals surface area contributed by atoms with Crippen molar-refractivity contribution in [2.24, 2.45) is 11.8 Å². The molecule has 3 aliphatic rings. The normalized spacial score (nSPS) is 25.9. The molecule has 7 N–H and O–H groups in total. The summed E-state index contributed by atoms with van der Waals surface area (Å²) >= 11 is 4.62. The third-order valence-corrected chi connectivity index (χ3v) is 9.36. The highest BCUT2D eigenvalue weighted by atomic mass is 32.1. The molecule has 0 radical (unpaired) electrons. The summed E-state index contributed by atoms with van der Waals surface area (Å²) in [7, 11) is 0. The minimum atomic E-state index is -0.912. The van der Waals surface area contributed by atoms with Crippen LogP contribution in [-0.4, -0.2) is 55.4 Å². The van der Waals surface area contributed by atoms with Gasteiger partial charge < -0.3 is 36.3 Å². The van der Waals surface area contributed by atoms with Gasteiger partial charge in [0.1, 0.15) is 0 Å². The van der Waals surface area contributed by atoms with E-state index in [1.54, 1.807) is 6.08 Å². The maximum Gasteiger partial charge on any atom is 0.303 e. The van der Waals surface area contributed by atoms with Crippen LogP contribution >= 0.6 is 12.6 Å². The number of aromatic amines is 1. The Hall–Kier alpha value is -4.12. The molecular weight excluding hydrogens is 580 g/mol. The molecule has 236 valence electrons. The van der Waals surface area contributed by atoms with E-state index in [1.165, 1.54) is 6.08 Å². The van der Waals surface area contributed by atoms with Crippen LogP contribution in [0.5, 0.6) is 0 Å². The summed E-state index contributed by atoms with van der Waals surface area (Å²) in [6.45, 7) is 13.4. The Bertz CT molecular complexity index is 1540. The third kappa shape index (κ3) is 6.67. The summed E-state index contributed by atoms with van der Waals surface area (Å²) in [4.78, 5) is 39.9. The van der Waals surface area contributed by atoms with Crippen molar-refractivity contribution in [3.63, 3.8) is 0 Å². The molecule has 1 saturated heterocycles. The van der Waals surface area contributed by atoms with E-state index in [9.17, 15) is 29.7 Å². The highest BCUT2D eigenvalue weighted by molar-refractivity contribution is 7.80. The van der Waals surface area contributed by atoms with E-state index in [0.29, 0.717) is 17.7 Å². The molecule has 1 unspecified atom stereocenters. The van der Waals surface area contributed by atoms with Crippen molar-refractivity contribution in [3.8, 4) is 0 Å². The quantitative estimate of drug-likeness (QED) is 0.130. The summed E-state index contributed by atoms with van der Waals surface area (Å²) < 4.78 is 0. The number of rotatable bonds is 11. The van der Waals surface area contributed by atoms with Crippen LogP contribution in [0.15, 0.2) is 58.4 Å². The number of aliphatic hydroxyl groups is 2. The Balaban J connectivity index is 1.76. The fourth-order valence-electron chi connectivity index (χ4n) is 6.45. The predicted molar refractivity (Wildman–Crippen MR) is 174 cm³/mol. The van der Waals surface area contributed by atoms with Gasteiger partial charge in [-0.25, -0.2) is 0 Å². The number of H-pyrrole nitrogens is 1. The van der Waals surface area contributed by atoms with Gasteiger partial charge in [-0.3, -0.25) is 14.4 Å². The number of nitrogens with one attached hydrogen (secondary N) is 4. The Morgan fingerprint density at radius 1 is 1.05 bits per heavy atom. The summed E-state index contributed by atoms with van der Waals surface area (Å²) in [5.41, 5.74) is 8.05. The average molecular weight is 623 g/mol. The van der Waals surface area contributed by atoms with Crippen LogP contribution in [0.2, 0.25) is 0 Å². The number of carbonyl (C=O) groups is 3. The molecule has 10 nitrogen and oxygen atoms in total. The van der Waals surface area contributed by atoms with Crippen LogP contribution < -0.4 is 16.0 Å². The van der Waals surface area contributed by atoms with Gasteiger partial charge in [0.05, 0.1) is 6.04 Å². The molecule has 11 heteroatoms. The molecule has 0 spiro atoms.